The second-order valence-corrected chi connectivity index (χ2v) is 5.51. The lowest BCUT2D eigenvalue weighted by Gasteiger charge is -2.19. The van der Waals surface area contributed by atoms with Crippen LogP contribution in [0.4, 0.5) is 4.39 Å². The van der Waals surface area contributed by atoms with E-state index in [2.05, 4.69) is 9.97 Å². The second-order valence-electron chi connectivity index (χ2n) is 5.51. The molecule has 0 spiro atoms. The summed E-state index contributed by atoms with van der Waals surface area (Å²) in [6.07, 6.45) is 3.07. The Morgan fingerprint density at radius 3 is 2.67 bits per heavy atom. The van der Waals surface area contributed by atoms with E-state index < -0.39 is 5.67 Å². The molecule has 2 nitrogen and oxygen atoms in total. The molecule has 0 saturated carbocycles. The highest BCUT2D eigenvalue weighted by Crippen LogP contribution is 2.38. The minimum atomic E-state index is -1.27. The molecule has 0 bridgehead atoms. The maximum absolute atomic E-state index is 14.1. The predicted molar refractivity (Wildman–Crippen MR) is 57.5 cm³/mol. The number of rotatable bonds is 0. The molecule has 15 heavy (non-hydrogen) atoms. The van der Waals surface area contributed by atoms with Crippen LogP contribution < -0.4 is 0 Å². The Hall–Kier alpha value is -0.990. The number of nitrogens with zero attached hydrogens (tertiary/aromatic N) is 2. The van der Waals surface area contributed by atoms with Crippen LogP contribution in [0.5, 0.6) is 0 Å². The van der Waals surface area contributed by atoms with Crippen LogP contribution in [0.1, 0.15) is 51.2 Å². The van der Waals surface area contributed by atoms with Crippen molar-refractivity contribution in [3.8, 4) is 0 Å². The molecule has 0 fully saturated rings. The summed E-state index contributed by atoms with van der Waals surface area (Å²) in [6, 6.07) is 0. The molecule has 0 aromatic carbocycles. The largest absolute Gasteiger partial charge is 0.241 e. The normalized spacial score (nSPS) is 25.4. The molecule has 82 valence electrons. The first kappa shape index (κ1) is 10.5. The minimum absolute atomic E-state index is 0.117. The average Bonchev–Trinajstić information content (AvgIpc) is 2.41. The van der Waals surface area contributed by atoms with E-state index in [1.54, 1.807) is 13.1 Å². The molecule has 1 aliphatic carbocycles. The van der Waals surface area contributed by atoms with Gasteiger partial charge in [-0.05, 0) is 25.3 Å². The third-order valence-corrected chi connectivity index (χ3v) is 2.89. The van der Waals surface area contributed by atoms with Crippen LogP contribution in [0.25, 0.3) is 0 Å². The van der Waals surface area contributed by atoms with Crippen molar-refractivity contribution in [3.05, 3.63) is 23.3 Å². The molecule has 1 heterocycles. The Balaban J connectivity index is 2.51. The monoisotopic (exact) mass is 208 g/mol. The van der Waals surface area contributed by atoms with Crippen LogP contribution in [0.15, 0.2) is 6.20 Å². The SMILES string of the molecule is CC(C)(C)c1ncc2c(n1)C(C)(F)CC2. The number of aromatic nitrogens is 2. The Morgan fingerprint density at radius 2 is 2.07 bits per heavy atom. The van der Waals surface area contributed by atoms with Gasteiger partial charge >= 0.3 is 0 Å². The zero-order chi connectivity index (χ0) is 11.3. The van der Waals surface area contributed by atoms with Crippen LogP contribution >= 0.6 is 0 Å². The quantitative estimate of drug-likeness (QED) is 0.655. The summed E-state index contributed by atoms with van der Waals surface area (Å²) in [6.45, 7) is 7.73. The van der Waals surface area contributed by atoms with E-state index >= 15 is 0 Å². The van der Waals surface area contributed by atoms with E-state index in [4.69, 9.17) is 0 Å². The summed E-state index contributed by atoms with van der Waals surface area (Å²) in [7, 11) is 0. The summed E-state index contributed by atoms with van der Waals surface area (Å²) >= 11 is 0. The first-order chi connectivity index (χ1) is 6.81. The highest BCUT2D eigenvalue weighted by Gasteiger charge is 2.37. The van der Waals surface area contributed by atoms with Crippen molar-refractivity contribution < 1.29 is 4.39 Å². The van der Waals surface area contributed by atoms with E-state index in [9.17, 15) is 4.39 Å². The highest BCUT2D eigenvalue weighted by atomic mass is 19.1. The summed E-state index contributed by atoms with van der Waals surface area (Å²) in [5.74, 6) is 0.729. The molecule has 2 rings (SSSR count). The van der Waals surface area contributed by atoms with Gasteiger partial charge in [0.05, 0.1) is 5.69 Å². The fourth-order valence-corrected chi connectivity index (χ4v) is 1.89. The summed E-state index contributed by atoms with van der Waals surface area (Å²) < 4.78 is 14.1. The van der Waals surface area contributed by atoms with Gasteiger partial charge in [-0.25, -0.2) is 14.4 Å². The summed E-state index contributed by atoms with van der Waals surface area (Å²) in [5.41, 5.74) is 0.182. The predicted octanol–water partition coefficient (Wildman–Crippen LogP) is 2.91. The average molecular weight is 208 g/mol. The Labute approximate surface area is 89.9 Å². The van der Waals surface area contributed by atoms with Gasteiger partial charge in [-0.1, -0.05) is 20.8 Å². The van der Waals surface area contributed by atoms with Crippen molar-refractivity contribution in [1.82, 2.24) is 9.97 Å². The summed E-state index contributed by atoms with van der Waals surface area (Å²) in [4.78, 5) is 8.70. The first-order valence-electron chi connectivity index (χ1n) is 5.36. The Morgan fingerprint density at radius 1 is 1.40 bits per heavy atom. The highest BCUT2D eigenvalue weighted by molar-refractivity contribution is 5.30. The fraction of sp³-hybridized carbons (Fsp3) is 0.667. The van der Waals surface area contributed by atoms with Crippen molar-refractivity contribution in [2.75, 3.05) is 0 Å². The lowest BCUT2D eigenvalue weighted by atomic mass is 9.95. The van der Waals surface area contributed by atoms with Gasteiger partial charge in [0.15, 0.2) is 5.67 Å². The topological polar surface area (TPSA) is 25.8 Å². The molecule has 0 N–H and O–H groups in total. The second kappa shape index (κ2) is 3.00. The number of aryl methyl sites for hydroxylation is 1. The molecule has 1 atom stereocenters. The molecule has 1 aromatic rings. The number of hydrogen-bond donors (Lipinski definition) is 0. The molecule has 1 aromatic heterocycles. The summed E-state index contributed by atoms with van der Waals surface area (Å²) in [5, 5.41) is 0. The van der Waals surface area contributed by atoms with Crippen molar-refractivity contribution in [3.63, 3.8) is 0 Å². The Kier molecular flexibility index (Phi) is 2.11. The van der Waals surface area contributed by atoms with E-state index in [-0.39, 0.29) is 5.41 Å². The number of alkyl halides is 1. The van der Waals surface area contributed by atoms with Gasteiger partial charge in [0, 0.05) is 11.6 Å². The lowest BCUT2D eigenvalue weighted by Crippen LogP contribution is -2.20. The minimum Gasteiger partial charge on any atom is -0.241 e. The molecule has 0 amide bonds. The third-order valence-electron chi connectivity index (χ3n) is 2.89. The van der Waals surface area contributed by atoms with Crippen LogP contribution in [0.3, 0.4) is 0 Å². The van der Waals surface area contributed by atoms with Gasteiger partial charge in [0.1, 0.15) is 5.82 Å². The molecular weight excluding hydrogens is 191 g/mol. The van der Waals surface area contributed by atoms with Gasteiger partial charge in [-0.15, -0.1) is 0 Å². The first-order valence-corrected chi connectivity index (χ1v) is 5.36. The van der Waals surface area contributed by atoms with E-state index in [1.165, 1.54) is 0 Å². The van der Waals surface area contributed by atoms with E-state index in [0.29, 0.717) is 12.1 Å². The van der Waals surface area contributed by atoms with E-state index in [0.717, 1.165) is 17.8 Å². The zero-order valence-corrected chi connectivity index (χ0v) is 9.76. The van der Waals surface area contributed by atoms with Gasteiger partial charge in [0.2, 0.25) is 0 Å². The van der Waals surface area contributed by atoms with Crippen molar-refractivity contribution in [2.45, 2.75) is 51.6 Å². The molecule has 0 radical (unpaired) electrons. The van der Waals surface area contributed by atoms with Gasteiger partial charge in [-0.2, -0.15) is 0 Å². The lowest BCUT2D eigenvalue weighted by molar-refractivity contribution is 0.187. The van der Waals surface area contributed by atoms with Crippen molar-refractivity contribution >= 4 is 0 Å². The maximum Gasteiger partial charge on any atom is 0.150 e. The van der Waals surface area contributed by atoms with Crippen molar-refractivity contribution in [1.29, 1.82) is 0 Å². The standard InChI is InChI=1S/C12H17FN2/c1-11(2,3)10-14-7-8-5-6-12(4,13)9(8)15-10/h7H,5-6H2,1-4H3. The van der Waals surface area contributed by atoms with Gasteiger partial charge < -0.3 is 0 Å². The third kappa shape index (κ3) is 1.75. The molecule has 3 heteroatoms. The van der Waals surface area contributed by atoms with Gasteiger partial charge in [-0.3, -0.25) is 0 Å². The van der Waals surface area contributed by atoms with E-state index in [1.807, 2.05) is 20.8 Å². The van der Waals surface area contributed by atoms with Crippen LogP contribution in [-0.2, 0) is 17.5 Å². The molecule has 0 aliphatic heterocycles. The number of hydrogen-bond acceptors (Lipinski definition) is 2. The molecule has 1 unspecified atom stereocenters. The molecular formula is C12H17FN2. The zero-order valence-electron chi connectivity index (χ0n) is 9.76. The van der Waals surface area contributed by atoms with Crippen LogP contribution in [0.2, 0.25) is 0 Å². The molecule has 0 saturated heterocycles. The van der Waals surface area contributed by atoms with Crippen LogP contribution in [0, 0.1) is 0 Å². The van der Waals surface area contributed by atoms with Gasteiger partial charge in [0.25, 0.3) is 0 Å². The van der Waals surface area contributed by atoms with Crippen molar-refractivity contribution in [2.24, 2.45) is 0 Å². The Bertz CT molecular complexity index is 391. The van der Waals surface area contributed by atoms with Crippen LogP contribution in [-0.4, -0.2) is 9.97 Å². The maximum atomic E-state index is 14.1. The number of fused-ring (bicyclic) bond motifs is 1. The smallest absolute Gasteiger partial charge is 0.150 e. The molecule has 1 aliphatic rings. The fourth-order valence-electron chi connectivity index (χ4n) is 1.89. The number of halogens is 1.